The minimum Gasteiger partial charge on any atom is -0.338 e. The molecule has 0 spiro atoms. The van der Waals surface area contributed by atoms with Crippen LogP contribution in [0, 0.1) is 11.8 Å². The summed E-state index contributed by atoms with van der Waals surface area (Å²) in [5, 5.41) is 7.31. The van der Waals surface area contributed by atoms with E-state index < -0.39 is 5.76 Å². The lowest BCUT2D eigenvalue weighted by Crippen LogP contribution is -2.60. The van der Waals surface area contributed by atoms with Crippen LogP contribution < -0.4 is 16.0 Å². The van der Waals surface area contributed by atoms with E-state index >= 15 is 0 Å². The molecule has 1 saturated carbocycles. The number of carbonyl (C=O) groups is 1. The van der Waals surface area contributed by atoms with Crippen LogP contribution in [0.2, 0.25) is 5.02 Å². The molecule has 2 atom stereocenters. The van der Waals surface area contributed by atoms with E-state index in [0.717, 1.165) is 30.3 Å². The van der Waals surface area contributed by atoms with E-state index in [-0.39, 0.29) is 23.9 Å². The Balaban J connectivity index is 1.51. The van der Waals surface area contributed by atoms with Gasteiger partial charge >= 0.3 is 11.8 Å². The zero-order chi connectivity index (χ0) is 31.7. The molecule has 0 aromatic carbocycles. The van der Waals surface area contributed by atoms with Gasteiger partial charge in [0.25, 0.3) is 0 Å². The minimum absolute atomic E-state index is 0.0499. The predicted molar refractivity (Wildman–Crippen MR) is 174 cm³/mol. The van der Waals surface area contributed by atoms with Crippen LogP contribution in [-0.2, 0) is 6.54 Å². The molecular weight excluding hydrogens is 594 g/mol. The van der Waals surface area contributed by atoms with Crippen LogP contribution in [0.3, 0.4) is 0 Å². The lowest BCUT2D eigenvalue weighted by atomic mass is 9.81. The quantitative estimate of drug-likeness (QED) is 0.243. The summed E-state index contributed by atoms with van der Waals surface area (Å²) in [7, 11) is 0. The van der Waals surface area contributed by atoms with Gasteiger partial charge in [0.2, 0.25) is 11.8 Å². The average molecular weight is 634 g/mol. The van der Waals surface area contributed by atoms with Crippen molar-refractivity contribution < 1.29 is 9.32 Å². The van der Waals surface area contributed by atoms with Crippen molar-refractivity contribution in [3.8, 4) is 22.8 Å². The zero-order valence-corrected chi connectivity index (χ0v) is 26.8. The number of pyridine rings is 2. The molecule has 2 N–H and O–H groups in total. The third-order valence-corrected chi connectivity index (χ3v) is 9.31. The van der Waals surface area contributed by atoms with Gasteiger partial charge in [-0.3, -0.25) is 14.5 Å². The van der Waals surface area contributed by atoms with Crippen molar-refractivity contribution >= 4 is 34.6 Å². The maximum Gasteiger partial charge on any atom is 0.439 e. The van der Waals surface area contributed by atoms with E-state index in [4.69, 9.17) is 26.1 Å². The summed E-state index contributed by atoms with van der Waals surface area (Å²) in [5.74, 6) is 1.72. The minimum atomic E-state index is -0.668. The van der Waals surface area contributed by atoms with Crippen LogP contribution >= 0.6 is 11.6 Å². The Kier molecular flexibility index (Phi) is 8.93. The number of amides is 2. The number of aryl methyl sites for hydroxylation is 1. The number of anilines is 1. The number of rotatable bonds is 8. The summed E-state index contributed by atoms with van der Waals surface area (Å²) >= 11 is 6.42. The van der Waals surface area contributed by atoms with Crippen molar-refractivity contribution in [1.29, 1.82) is 0 Å². The maximum atomic E-state index is 12.8. The van der Waals surface area contributed by atoms with Crippen LogP contribution in [-0.4, -0.2) is 72.3 Å². The van der Waals surface area contributed by atoms with Gasteiger partial charge in [0.15, 0.2) is 0 Å². The van der Waals surface area contributed by atoms with Gasteiger partial charge in [-0.25, -0.2) is 19.6 Å². The highest BCUT2D eigenvalue weighted by atomic mass is 35.5. The number of H-pyrrole nitrogens is 1. The number of halogens is 1. The van der Waals surface area contributed by atoms with Gasteiger partial charge in [0.1, 0.15) is 5.69 Å². The number of fused-ring (bicyclic) bond motifs is 1. The molecule has 1 aliphatic heterocycles. The Morgan fingerprint density at radius 3 is 2.67 bits per heavy atom. The fourth-order valence-electron chi connectivity index (χ4n) is 6.77. The first-order valence-electron chi connectivity index (χ1n) is 15.8. The number of imidazole rings is 1. The van der Waals surface area contributed by atoms with Gasteiger partial charge in [-0.05, 0) is 44.2 Å². The molecule has 1 aliphatic carbocycles. The zero-order valence-electron chi connectivity index (χ0n) is 26.0. The summed E-state index contributed by atoms with van der Waals surface area (Å²) in [6.45, 7) is 12.8. The molecule has 5 heterocycles. The summed E-state index contributed by atoms with van der Waals surface area (Å²) in [6.07, 6.45) is 11.1. The van der Waals surface area contributed by atoms with Gasteiger partial charge in [-0.1, -0.05) is 55.4 Å². The van der Waals surface area contributed by atoms with Crippen molar-refractivity contribution in [3.05, 3.63) is 52.8 Å². The summed E-state index contributed by atoms with van der Waals surface area (Å²) in [4.78, 5) is 46.0. The number of urea groups is 1. The molecule has 2 unspecified atom stereocenters. The van der Waals surface area contributed by atoms with Crippen molar-refractivity contribution in [2.24, 2.45) is 11.8 Å². The molecule has 6 rings (SSSR count). The van der Waals surface area contributed by atoms with Crippen LogP contribution in [0.25, 0.3) is 33.8 Å². The number of piperazine rings is 1. The SMILES string of the molecule is C=CC1CN(C(=O)NCC)CC(C)N1c1nc2cc(-c3noc(=O)[nH]3)nc(-c3cncc(Cl)c3)c2n1CCC1CCC(C)CC1. The van der Waals surface area contributed by atoms with Crippen LogP contribution in [0.4, 0.5) is 10.7 Å². The molecule has 13 heteroatoms. The Bertz CT molecular complexity index is 1740. The van der Waals surface area contributed by atoms with E-state index in [1.54, 1.807) is 12.4 Å². The molecule has 2 amide bonds. The molecule has 4 aromatic rings. The first-order valence-corrected chi connectivity index (χ1v) is 16.2. The van der Waals surface area contributed by atoms with Gasteiger partial charge in [-0.15, -0.1) is 6.58 Å². The first-order chi connectivity index (χ1) is 21.7. The van der Waals surface area contributed by atoms with Crippen molar-refractivity contribution in [2.45, 2.75) is 71.5 Å². The molecule has 2 aliphatic rings. The highest BCUT2D eigenvalue weighted by Crippen LogP contribution is 2.38. The van der Waals surface area contributed by atoms with Gasteiger partial charge < -0.3 is 19.7 Å². The molecule has 1 saturated heterocycles. The molecule has 0 bridgehead atoms. The Morgan fingerprint density at radius 2 is 1.98 bits per heavy atom. The number of nitrogens with zero attached hydrogens (tertiary/aromatic N) is 7. The number of carbonyl (C=O) groups excluding carboxylic acids is 1. The molecule has 238 valence electrons. The Labute approximate surface area is 266 Å². The second-order valence-corrected chi connectivity index (χ2v) is 12.8. The van der Waals surface area contributed by atoms with Gasteiger partial charge in [0.05, 0.1) is 27.8 Å². The number of aromatic amines is 1. The van der Waals surface area contributed by atoms with Crippen molar-refractivity contribution in [1.82, 2.24) is 39.9 Å². The van der Waals surface area contributed by atoms with Crippen LogP contribution in [0.15, 0.2) is 46.5 Å². The fraction of sp³-hybridized carbons (Fsp3) is 0.500. The van der Waals surface area contributed by atoms with Crippen molar-refractivity contribution in [3.63, 3.8) is 0 Å². The summed E-state index contributed by atoms with van der Waals surface area (Å²) < 4.78 is 7.07. The smallest absolute Gasteiger partial charge is 0.338 e. The predicted octanol–water partition coefficient (Wildman–Crippen LogP) is 5.50. The lowest BCUT2D eigenvalue weighted by Gasteiger charge is -2.45. The number of nitrogens with one attached hydrogen (secondary N) is 2. The van der Waals surface area contributed by atoms with E-state index in [1.807, 2.05) is 30.0 Å². The molecule has 4 aromatic heterocycles. The number of hydrogen-bond donors (Lipinski definition) is 2. The third kappa shape index (κ3) is 6.33. The second-order valence-electron chi connectivity index (χ2n) is 12.3. The number of aromatic nitrogens is 6. The molecule has 0 radical (unpaired) electrons. The third-order valence-electron chi connectivity index (χ3n) is 9.10. The average Bonchev–Trinajstić information content (AvgIpc) is 3.63. The summed E-state index contributed by atoms with van der Waals surface area (Å²) in [5.41, 5.74) is 3.28. The standard InChI is InChI=1S/C32H40ClN9O3/c1-5-24-18-40(31(43)35-6-2)17-20(4)42(24)30-37-25-14-26(29-38-32(44)45-39-29)36-27(22-13-23(33)16-34-15-22)28(25)41(30)12-11-21-9-7-19(3)8-10-21/h5,13-16,19-21,24H,1,6-12,17-18H2,2-4H3,(H,35,43)(H,38,39,44). The van der Waals surface area contributed by atoms with E-state index in [0.29, 0.717) is 53.0 Å². The molecular formula is C32H40ClN9O3. The Hall–Kier alpha value is -4.19. The van der Waals surface area contributed by atoms with Crippen molar-refractivity contribution in [2.75, 3.05) is 24.5 Å². The van der Waals surface area contributed by atoms with Crippen LogP contribution in [0.5, 0.6) is 0 Å². The fourth-order valence-corrected chi connectivity index (χ4v) is 6.95. The lowest BCUT2D eigenvalue weighted by molar-refractivity contribution is 0.179. The van der Waals surface area contributed by atoms with Gasteiger partial charge in [-0.2, -0.15) is 0 Å². The molecule has 45 heavy (non-hydrogen) atoms. The van der Waals surface area contributed by atoms with E-state index in [1.165, 1.54) is 25.7 Å². The highest BCUT2D eigenvalue weighted by molar-refractivity contribution is 6.30. The molecule has 12 nitrogen and oxygen atoms in total. The van der Waals surface area contributed by atoms with E-state index in [9.17, 15) is 9.59 Å². The topological polar surface area (TPSA) is 138 Å². The van der Waals surface area contributed by atoms with Gasteiger partial charge in [0, 0.05) is 50.2 Å². The normalized spacial score (nSPS) is 22.1. The highest BCUT2D eigenvalue weighted by Gasteiger charge is 2.36. The monoisotopic (exact) mass is 633 g/mol. The largest absolute Gasteiger partial charge is 0.439 e. The number of hydrogen-bond acceptors (Lipinski definition) is 8. The van der Waals surface area contributed by atoms with E-state index in [2.05, 4.69) is 50.3 Å². The first kappa shape index (κ1) is 30.8. The Morgan fingerprint density at radius 1 is 1.18 bits per heavy atom. The maximum absolute atomic E-state index is 12.8. The molecule has 2 fully saturated rings. The summed E-state index contributed by atoms with van der Waals surface area (Å²) in [6, 6.07) is 3.35. The second kappa shape index (κ2) is 13.0. The van der Waals surface area contributed by atoms with Crippen LogP contribution in [0.1, 0.15) is 52.9 Å².